The minimum atomic E-state index is -1.56. The van der Waals surface area contributed by atoms with Crippen molar-refractivity contribution in [2.75, 3.05) is 32.1 Å². The van der Waals surface area contributed by atoms with Crippen molar-refractivity contribution < 1.29 is 52.6 Å². The quantitative estimate of drug-likeness (QED) is 0.0630. The third-order valence-electron chi connectivity index (χ3n) is 6.41. The molecule has 6 N–H and O–H groups in total. The fourth-order valence-electron chi connectivity index (χ4n) is 3.83. The van der Waals surface area contributed by atoms with Gasteiger partial charge >= 0.3 is 18.0 Å². The minimum Gasteiger partial charge on any atom is -0.469 e. The van der Waals surface area contributed by atoms with Gasteiger partial charge in [0.15, 0.2) is 5.78 Å². The molecule has 16 nitrogen and oxygen atoms in total. The second-order valence-corrected chi connectivity index (χ2v) is 11.1. The zero-order valence-electron chi connectivity index (χ0n) is 26.2. The molecule has 18 heteroatoms. The lowest BCUT2D eigenvalue weighted by Crippen LogP contribution is -2.58. The standard InChI is InChI=1S/C29H40ClN5O11S/c1-44-24(38)13-20(22(36)15-30)34-27(41)19(11-12-47-3)33-26(40)18(9-10-23(31)37)32-28(42)21(14-25(39)45-2)35-29(43)46-16-17-7-5-4-6-8-17/h4-8,18-21H,9-16H2,1-3H3,(H2,31,37)(H,32,42)(H,33,40)(H,34,41)(H,35,43)/t18-,19-,20-,21-/m0/s1. The minimum absolute atomic E-state index is 0.0645. The molecule has 0 aliphatic carbocycles. The Morgan fingerprint density at radius 2 is 1.28 bits per heavy atom. The Bertz CT molecular complexity index is 1250. The van der Waals surface area contributed by atoms with Crippen LogP contribution in [0.1, 0.15) is 37.7 Å². The number of benzene rings is 1. The molecule has 1 aromatic rings. The summed E-state index contributed by atoms with van der Waals surface area (Å²) in [5.41, 5.74) is 5.92. The van der Waals surface area contributed by atoms with Crippen molar-refractivity contribution in [3.63, 3.8) is 0 Å². The van der Waals surface area contributed by atoms with E-state index in [1.807, 2.05) is 0 Å². The summed E-state index contributed by atoms with van der Waals surface area (Å²) in [6.45, 7) is -0.140. The molecule has 0 unspecified atom stereocenters. The van der Waals surface area contributed by atoms with Gasteiger partial charge in [-0.1, -0.05) is 30.3 Å². The summed E-state index contributed by atoms with van der Waals surface area (Å²) in [4.78, 5) is 100. The topological polar surface area (TPSA) is 238 Å². The van der Waals surface area contributed by atoms with Crippen LogP contribution in [-0.4, -0.2) is 104 Å². The molecular weight excluding hydrogens is 662 g/mol. The first-order valence-electron chi connectivity index (χ1n) is 14.2. The Balaban J connectivity index is 3.16. The van der Waals surface area contributed by atoms with Crippen molar-refractivity contribution in [1.82, 2.24) is 21.3 Å². The normalized spacial score (nSPS) is 13.0. The fourth-order valence-corrected chi connectivity index (χ4v) is 4.49. The Morgan fingerprint density at radius 1 is 0.766 bits per heavy atom. The molecule has 1 aromatic carbocycles. The van der Waals surface area contributed by atoms with Crippen LogP contribution in [-0.2, 0) is 54.4 Å². The highest BCUT2D eigenvalue weighted by molar-refractivity contribution is 7.98. The lowest BCUT2D eigenvalue weighted by Gasteiger charge is -2.26. The van der Waals surface area contributed by atoms with Crippen LogP contribution in [0.3, 0.4) is 0 Å². The number of esters is 2. The highest BCUT2D eigenvalue weighted by atomic mass is 35.5. The van der Waals surface area contributed by atoms with Gasteiger partial charge in [0, 0.05) is 6.42 Å². The van der Waals surface area contributed by atoms with E-state index >= 15 is 0 Å². The van der Waals surface area contributed by atoms with Crippen LogP contribution in [0.15, 0.2) is 30.3 Å². The van der Waals surface area contributed by atoms with Crippen molar-refractivity contribution >= 4 is 70.8 Å². The third-order valence-corrected chi connectivity index (χ3v) is 7.32. The Morgan fingerprint density at radius 3 is 1.79 bits per heavy atom. The van der Waals surface area contributed by atoms with E-state index in [-0.39, 0.29) is 25.9 Å². The predicted octanol–water partition coefficient (Wildman–Crippen LogP) is -0.311. The van der Waals surface area contributed by atoms with Crippen LogP contribution in [0.25, 0.3) is 0 Å². The van der Waals surface area contributed by atoms with Gasteiger partial charge in [-0.05, 0) is 30.4 Å². The third kappa shape index (κ3) is 16.1. The molecule has 0 aromatic heterocycles. The summed E-state index contributed by atoms with van der Waals surface area (Å²) in [6.07, 6.45) is -1.04. The van der Waals surface area contributed by atoms with Gasteiger partial charge in [-0.25, -0.2) is 4.79 Å². The molecule has 0 heterocycles. The average Bonchev–Trinajstić information content (AvgIpc) is 3.06. The van der Waals surface area contributed by atoms with Crippen molar-refractivity contribution in [2.24, 2.45) is 5.73 Å². The van der Waals surface area contributed by atoms with E-state index in [0.717, 1.165) is 14.2 Å². The molecule has 0 bridgehead atoms. The number of nitrogens with one attached hydrogen (secondary N) is 4. The number of ether oxygens (including phenoxy) is 3. The summed E-state index contributed by atoms with van der Waals surface area (Å²) in [5.74, 6) is -6.01. The second kappa shape index (κ2) is 22.2. The van der Waals surface area contributed by atoms with Gasteiger partial charge in [0.1, 0.15) is 24.7 Å². The predicted molar refractivity (Wildman–Crippen MR) is 170 cm³/mol. The smallest absolute Gasteiger partial charge is 0.408 e. The number of rotatable bonds is 21. The second-order valence-electron chi connectivity index (χ2n) is 9.89. The van der Waals surface area contributed by atoms with Gasteiger partial charge in [0.2, 0.25) is 23.6 Å². The molecule has 0 radical (unpaired) electrons. The van der Waals surface area contributed by atoms with Crippen LogP contribution in [0.2, 0.25) is 0 Å². The van der Waals surface area contributed by atoms with Crippen molar-refractivity contribution in [2.45, 2.75) is 62.9 Å². The number of carbonyl (C=O) groups is 8. The molecule has 47 heavy (non-hydrogen) atoms. The summed E-state index contributed by atoms with van der Waals surface area (Å²) in [7, 11) is 2.18. The van der Waals surface area contributed by atoms with Crippen molar-refractivity contribution in [1.29, 1.82) is 0 Å². The number of alkyl halides is 1. The first-order valence-corrected chi connectivity index (χ1v) is 16.2. The molecule has 0 saturated carbocycles. The van der Waals surface area contributed by atoms with Gasteiger partial charge in [-0.3, -0.25) is 33.6 Å². The average molecular weight is 702 g/mol. The monoisotopic (exact) mass is 701 g/mol. The Kier molecular flexibility index (Phi) is 19.2. The molecule has 0 aliphatic heterocycles. The van der Waals surface area contributed by atoms with E-state index in [9.17, 15) is 38.4 Å². The van der Waals surface area contributed by atoms with E-state index in [2.05, 4.69) is 30.7 Å². The number of alkyl carbamates (subject to hydrolysis) is 1. The highest BCUT2D eigenvalue weighted by Crippen LogP contribution is 2.08. The van der Waals surface area contributed by atoms with E-state index < -0.39 is 90.3 Å². The first-order chi connectivity index (χ1) is 22.3. The lowest BCUT2D eigenvalue weighted by atomic mass is 10.1. The molecule has 0 aliphatic rings. The number of hydrogen-bond donors (Lipinski definition) is 5. The van der Waals surface area contributed by atoms with Crippen molar-refractivity contribution in [3.05, 3.63) is 35.9 Å². The number of carbonyl (C=O) groups excluding carboxylic acids is 8. The number of halogens is 1. The van der Waals surface area contributed by atoms with Gasteiger partial charge in [0.25, 0.3) is 0 Å². The van der Waals surface area contributed by atoms with E-state index in [0.29, 0.717) is 11.3 Å². The highest BCUT2D eigenvalue weighted by Gasteiger charge is 2.33. The first kappa shape index (κ1) is 40.6. The summed E-state index contributed by atoms with van der Waals surface area (Å²) in [5, 5.41) is 9.52. The lowest BCUT2D eigenvalue weighted by molar-refractivity contribution is -0.144. The van der Waals surface area contributed by atoms with Crippen LogP contribution in [0.5, 0.6) is 0 Å². The van der Waals surface area contributed by atoms with Crippen LogP contribution in [0, 0.1) is 0 Å². The zero-order chi connectivity index (χ0) is 35.4. The Labute approximate surface area is 280 Å². The number of ketones is 1. The maximum atomic E-state index is 13.4. The summed E-state index contributed by atoms with van der Waals surface area (Å²) < 4.78 is 14.3. The fraction of sp³-hybridized carbons (Fsp3) is 0.517. The molecule has 0 fully saturated rings. The van der Waals surface area contributed by atoms with E-state index in [1.165, 1.54) is 11.8 Å². The summed E-state index contributed by atoms with van der Waals surface area (Å²) >= 11 is 6.98. The van der Waals surface area contributed by atoms with Crippen molar-refractivity contribution in [3.8, 4) is 0 Å². The van der Waals surface area contributed by atoms with Crippen LogP contribution >= 0.6 is 23.4 Å². The maximum Gasteiger partial charge on any atom is 0.408 e. The number of hydrogen-bond acceptors (Lipinski definition) is 12. The largest absolute Gasteiger partial charge is 0.469 e. The van der Waals surface area contributed by atoms with E-state index in [1.54, 1.807) is 36.6 Å². The number of amides is 5. The molecule has 4 atom stereocenters. The summed E-state index contributed by atoms with van der Waals surface area (Å²) in [6, 6.07) is 3.01. The number of Topliss-reactive ketones (excluding diaryl/α,β-unsaturated/α-hetero) is 1. The molecule has 5 amide bonds. The number of methoxy groups -OCH3 is 2. The number of nitrogens with two attached hydrogens (primary N) is 1. The van der Waals surface area contributed by atoms with Crippen LogP contribution < -0.4 is 27.0 Å². The zero-order valence-corrected chi connectivity index (χ0v) is 27.8. The van der Waals surface area contributed by atoms with E-state index in [4.69, 9.17) is 22.1 Å². The number of thioether (sulfide) groups is 1. The molecule has 0 saturated heterocycles. The maximum absolute atomic E-state index is 13.4. The van der Waals surface area contributed by atoms with Gasteiger partial charge in [0.05, 0.1) is 39.0 Å². The molecule has 1 rings (SSSR count). The Hall–Kier alpha value is -4.38. The van der Waals surface area contributed by atoms with Crippen LogP contribution in [0.4, 0.5) is 4.79 Å². The van der Waals surface area contributed by atoms with Gasteiger partial charge < -0.3 is 41.2 Å². The molecular formula is C29H40ClN5O11S. The number of primary amides is 1. The van der Waals surface area contributed by atoms with Gasteiger partial charge in [-0.15, -0.1) is 11.6 Å². The molecule has 0 spiro atoms. The van der Waals surface area contributed by atoms with Gasteiger partial charge in [-0.2, -0.15) is 11.8 Å². The molecule has 260 valence electrons. The SMILES string of the molecule is COC(=O)C[C@H](NC(=O)[C@H](CCSC)NC(=O)[C@H](CCC(N)=O)NC(=O)[C@H](CC(=O)OC)NC(=O)OCc1ccccc1)C(=O)CCl.